The normalized spacial score (nSPS) is 14.7. The van der Waals surface area contributed by atoms with Gasteiger partial charge in [-0.1, -0.05) is 0 Å². The molecule has 1 aliphatic heterocycles. The van der Waals surface area contributed by atoms with Crippen LogP contribution in [0.4, 0.5) is 5.69 Å². The van der Waals surface area contributed by atoms with Crippen LogP contribution in [0.25, 0.3) is 0 Å². The van der Waals surface area contributed by atoms with E-state index in [0.29, 0.717) is 11.5 Å². The molecule has 0 bridgehead atoms. The van der Waals surface area contributed by atoms with Crippen molar-refractivity contribution in [2.24, 2.45) is 5.92 Å². The molecule has 0 atom stereocenters. The van der Waals surface area contributed by atoms with Crippen molar-refractivity contribution in [1.82, 2.24) is 0 Å². The van der Waals surface area contributed by atoms with Crippen LogP contribution in [0.2, 0.25) is 0 Å². The van der Waals surface area contributed by atoms with E-state index in [1.165, 1.54) is 7.11 Å². The van der Waals surface area contributed by atoms with E-state index in [1.54, 1.807) is 26.4 Å². The Kier molecular flexibility index (Phi) is 4.78. The van der Waals surface area contributed by atoms with Gasteiger partial charge in [-0.25, -0.2) is 4.79 Å². The minimum Gasteiger partial charge on any atom is -0.465 e. The van der Waals surface area contributed by atoms with Crippen molar-refractivity contribution in [3.63, 3.8) is 0 Å². The Hall–Kier alpha value is -2.10. The molecule has 112 valence electrons. The zero-order valence-corrected chi connectivity index (χ0v) is 12.3. The van der Waals surface area contributed by atoms with Crippen LogP contribution in [0.3, 0.4) is 0 Å². The van der Waals surface area contributed by atoms with E-state index < -0.39 is 5.97 Å². The Morgan fingerprint density at radius 3 is 2.52 bits per heavy atom. The van der Waals surface area contributed by atoms with E-state index in [2.05, 4.69) is 9.64 Å². The zero-order valence-electron chi connectivity index (χ0n) is 12.3. The number of benzene rings is 1. The molecule has 0 spiro atoms. The van der Waals surface area contributed by atoms with Crippen molar-refractivity contribution in [3.05, 3.63) is 29.3 Å². The largest absolute Gasteiger partial charge is 0.465 e. The lowest BCUT2D eigenvalue weighted by Crippen LogP contribution is -2.53. The Morgan fingerprint density at radius 1 is 1.33 bits per heavy atom. The van der Waals surface area contributed by atoms with Crippen LogP contribution in [0, 0.1) is 17.2 Å². The van der Waals surface area contributed by atoms with Gasteiger partial charge in [-0.15, -0.1) is 0 Å². The molecular formula is C15H18N2O4. The van der Waals surface area contributed by atoms with Crippen molar-refractivity contribution in [2.75, 3.05) is 39.3 Å². The van der Waals surface area contributed by atoms with E-state index in [9.17, 15) is 4.79 Å². The van der Waals surface area contributed by atoms with Crippen molar-refractivity contribution in [2.45, 2.75) is 6.29 Å². The Morgan fingerprint density at radius 2 is 2.00 bits per heavy atom. The minimum atomic E-state index is -0.501. The number of anilines is 1. The maximum Gasteiger partial charge on any atom is 0.339 e. The van der Waals surface area contributed by atoms with E-state index in [1.807, 2.05) is 12.1 Å². The van der Waals surface area contributed by atoms with Gasteiger partial charge >= 0.3 is 5.97 Å². The molecule has 1 fully saturated rings. The van der Waals surface area contributed by atoms with Gasteiger partial charge in [0.05, 0.1) is 18.2 Å². The molecule has 1 saturated heterocycles. The summed E-state index contributed by atoms with van der Waals surface area (Å²) in [5.74, 6) is -0.204. The molecule has 0 unspecified atom stereocenters. The highest BCUT2D eigenvalue weighted by Crippen LogP contribution is 2.29. The van der Waals surface area contributed by atoms with E-state index in [0.717, 1.165) is 18.8 Å². The maximum atomic E-state index is 11.6. The molecule has 0 amide bonds. The third-order valence-corrected chi connectivity index (χ3v) is 3.65. The van der Waals surface area contributed by atoms with Crippen LogP contribution in [0.1, 0.15) is 15.9 Å². The summed E-state index contributed by atoms with van der Waals surface area (Å²) in [6, 6.07) is 7.18. The van der Waals surface area contributed by atoms with Crippen molar-refractivity contribution < 1.29 is 19.0 Å². The van der Waals surface area contributed by atoms with Crippen molar-refractivity contribution in [1.29, 1.82) is 5.26 Å². The molecule has 1 aromatic rings. The summed E-state index contributed by atoms with van der Waals surface area (Å²) in [7, 11) is 4.54. The lowest BCUT2D eigenvalue weighted by Gasteiger charge is -2.43. The maximum absolute atomic E-state index is 11.6. The summed E-state index contributed by atoms with van der Waals surface area (Å²) >= 11 is 0. The van der Waals surface area contributed by atoms with Gasteiger partial charge in [0.2, 0.25) is 0 Å². The highest BCUT2D eigenvalue weighted by atomic mass is 16.7. The first kappa shape index (κ1) is 15.3. The number of carbonyl (C=O) groups is 1. The molecule has 0 N–H and O–H groups in total. The molecule has 2 rings (SSSR count). The Labute approximate surface area is 123 Å². The summed E-state index contributed by atoms with van der Waals surface area (Å²) in [4.78, 5) is 13.7. The van der Waals surface area contributed by atoms with Gasteiger partial charge < -0.3 is 19.1 Å². The predicted octanol–water partition coefficient (Wildman–Crippen LogP) is 1.40. The fourth-order valence-electron chi connectivity index (χ4n) is 2.49. The van der Waals surface area contributed by atoms with E-state index >= 15 is 0 Å². The molecule has 0 aromatic heterocycles. The number of hydrogen-bond acceptors (Lipinski definition) is 6. The second kappa shape index (κ2) is 6.57. The molecular weight excluding hydrogens is 272 g/mol. The Balaban J connectivity index is 2.10. The van der Waals surface area contributed by atoms with Crippen molar-refractivity contribution >= 4 is 11.7 Å². The van der Waals surface area contributed by atoms with Gasteiger partial charge in [0, 0.05) is 38.9 Å². The molecule has 0 saturated carbocycles. The van der Waals surface area contributed by atoms with Gasteiger partial charge in [0.1, 0.15) is 6.07 Å². The number of carbonyl (C=O) groups excluding carboxylic acids is 1. The fraction of sp³-hybridized carbons (Fsp3) is 0.467. The quantitative estimate of drug-likeness (QED) is 0.603. The van der Waals surface area contributed by atoms with Gasteiger partial charge in [0.25, 0.3) is 0 Å². The second-order valence-corrected chi connectivity index (χ2v) is 4.84. The number of hydrogen-bond donors (Lipinski definition) is 0. The lowest BCUT2D eigenvalue weighted by atomic mass is 9.97. The third-order valence-electron chi connectivity index (χ3n) is 3.65. The first-order valence-electron chi connectivity index (χ1n) is 6.57. The van der Waals surface area contributed by atoms with Crippen LogP contribution in [-0.2, 0) is 14.2 Å². The van der Waals surface area contributed by atoms with Crippen LogP contribution >= 0.6 is 0 Å². The summed E-state index contributed by atoms with van der Waals surface area (Å²) in [6.45, 7) is 1.57. The zero-order chi connectivity index (χ0) is 15.4. The highest BCUT2D eigenvalue weighted by Gasteiger charge is 2.34. The Bertz CT molecular complexity index is 557. The monoisotopic (exact) mass is 290 g/mol. The molecule has 0 aliphatic carbocycles. The number of esters is 1. The van der Waals surface area contributed by atoms with Gasteiger partial charge in [-0.2, -0.15) is 5.26 Å². The van der Waals surface area contributed by atoms with Gasteiger partial charge in [-0.05, 0) is 18.2 Å². The molecule has 0 radical (unpaired) electrons. The standard InChI is InChI=1S/C15H18N2O4/c1-19-14(18)13-5-4-12(6-10(13)7-16)17-8-11(9-17)15(20-2)21-3/h4-6,11,15H,8-9H2,1-3H3. The van der Waals surface area contributed by atoms with Crippen molar-refractivity contribution in [3.8, 4) is 6.07 Å². The second-order valence-electron chi connectivity index (χ2n) is 4.84. The molecule has 1 aromatic carbocycles. The lowest BCUT2D eigenvalue weighted by molar-refractivity contribution is -0.142. The number of rotatable bonds is 5. The van der Waals surface area contributed by atoms with Gasteiger partial charge in [0.15, 0.2) is 6.29 Å². The summed E-state index contributed by atoms with van der Waals surface area (Å²) in [5.41, 5.74) is 1.51. The average Bonchev–Trinajstić information content (AvgIpc) is 2.49. The fourth-order valence-corrected chi connectivity index (χ4v) is 2.49. The first-order valence-corrected chi connectivity index (χ1v) is 6.57. The molecule has 1 aliphatic rings. The average molecular weight is 290 g/mol. The number of nitriles is 1. The number of nitrogens with zero attached hydrogens (tertiary/aromatic N) is 2. The minimum absolute atomic E-state index is 0.217. The first-order chi connectivity index (χ1) is 10.1. The summed E-state index contributed by atoms with van der Waals surface area (Å²) in [6.07, 6.45) is -0.217. The van der Waals surface area contributed by atoms with Crippen LogP contribution in [0.5, 0.6) is 0 Å². The van der Waals surface area contributed by atoms with Crippen LogP contribution < -0.4 is 4.90 Å². The highest BCUT2D eigenvalue weighted by molar-refractivity contribution is 5.92. The smallest absolute Gasteiger partial charge is 0.339 e. The summed E-state index contributed by atoms with van der Waals surface area (Å²) < 4.78 is 15.1. The SMILES string of the molecule is COC(=O)c1ccc(N2CC(C(OC)OC)C2)cc1C#N. The third kappa shape index (κ3) is 2.99. The molecule has 21 heavy (non-hydrogen) atoms. The van der Waals surface area contributed by atoms with Crippen LogP contribution in [-0.4, -0.2) is 46.7 Å². The van der Waals surface area contributed by atoms with Gasteiger partial charge in [-0.3, -0.25) is 0 Å². The van der Waals surface area contributed by atoms with Crippen LogP contribution in [0.15, 0.2) is 18.2 Å². The molecule has 6 nitrogen and oxygen atoms in total. The van der Waals surface area contributed by atoms with E-state index in [4.69, 9.17) is 14.7 Å². The topological polar surface area (TPSA) is 71.8 Å². The number of methoxy groups -OCH3 is 3. The molecule has 1 heterocycles. The summed E-state index contributed by atoms with van der Waals surface area (Å²) in [5, 5.41) is 9.16. The molecule has 6 heteroatoms. The van der Waals surface area contributed by atoms with E-state index in [-0.39, 0.29) is 11.9 Å². The number of ether oxygens (including phenoxy) is 3. The predicted molar refractivity (Wildman–Crippen MR) is 76.0 cm³/mol.